The largest absolute Gasteiger partial charge is 0.449 e. The van der Waals surface area contributed by atoms with E-state index in [2.05, 4.69) is 10.3 Å². The van der Waals surface area contributed by atoms with Gasteiger partial charge in [0, 0.05) is 5.69 Å². The van der Waals surface area contributed by atoms with E-state index in [1.54, 1.807) is 0 Å². The molecular weight excluding hydrogens is 383 g/mol. The summed E-state index contributed by atoms with van der Waals surface area (Å²) in [6.45, 7) is 0. The molecule has 0 aliphatic rings. The number of H-pyrrole nitrogens is 1. The molecule has 0 bridgehead atoms. The lowest BCUT2D eigenvalue weighted by Crippen LogP contribution is -2.16. The second-order valence-electron chi connectivity index (χ2n) is 5.46. The van der Waals surface area contributed by atoms with E-state index in [0.717, 1.165) is 6.07 Å². The van der Waals surface area contributed by atoms with Crippen LogP contribution in [0.3, 0.4) is 0 Å². The van der Waals surface area contributed by atoms with E-state index in [0.29, 0.717) is 18.2 Å². The summed E-state index contributed by atoms with van der Waals surface area (Å²) in [4.78, 5) is 17.4. The Morgan fingerprint density at radius 2 is 1.67 bits per heavy atom. The number of rotatable bonds is 2. The maximum atomic E-state index is 13.7. The molecule has 11 heteroatoms. The molecule has 0 saturated heterocycles. The standard InChI is InChI=1S/C16H8F7N3O/c17-10-3-1-7(15(18,19)20)5-9(10)13(27)24-8-2-4-11-12(6-8)26-14(25-11)16(21,22)23/h1-6H,(H,24,27)(H,25,26). The fraction of sp³-hybridized carbons (Fsp3) is 0.125. The molecule has 2 N–H and O–H groups in total. The molecule has 0 radical (unpaired) electrons. The monoisotopic (exact) mass is 391 g/mol. The van der Waals surface area contributed by atoms with E-state index >= 15 is 0 Å². The minimum Gasteiger partial charge on any atom is -0.334 e. The Labute approximate surface area is 146 Å². The fourth-order valence-corrected chi connectivity index (χ4v) is 2.30. The van der Waals surface area contributed by atoms with Crippen molar-refractivity contribution in [3.8, 4) is 0 Å². The number of hydrogen-bond acceptors (Lipinski definition) is 2. The molecule has 1 heterocycles. The van der Waals surface area contributed by atoms with Gasteiger partial charge in [0.2, 0.25) is 5.82 Å². The predicted octanol–water partition coefficient (Wildman–Crippen LogP) is 4.99. The Balaban J connectivity index is 1.90. The minimum absolute atomic E-state index is 0.0365. The molecule has 0 aliphatic heterocycles. The molecule has 0 atom stereocenters. The Kier molecular flexibility index (Phi) is 4.32. The van der Waals surface area contributed by atoms with Crippen LogP contribution >= 0.6 is 0 Å². The Morgan fingerprint density at radius 1 is 0.963 bits per heavy atom. The highest BCUT2D eigenvalue weighted by molar-refractivity contribution is 6.05. The molecule has 1 aromatic heterocycles. The molecular formula is C16H8F7N3O. The number of fused-ring (bicyclic) bond motifs is 1. The van der Waals surface area contributed by atoms with Gasteiger partial charge in [-0.2, -0.15) is 26.3 Å². The van der Waals surface area contributed by atoms with Crippen molar-refractivity contribution in [2.45, 2.75) is 12.4 Å². The van der Waals surface area contributed by atoms with Crippen molar-refractivity contribution in [1.29, 1.82) is 0 Å². The number of amides is 1. The van der Waals surface area contributed by atoms with Crippen molar-refractivity contribution in [3.05, 3.63) is 59.2 Å². The molecule has 0 unspecified atom stereocenters. The third-order valence-corrected chi connectivity index (χ3v) is 3.55. The predicted molar refractivity (Wildman–Crippen MR) is 80.5 cm³/mol. The van der Waals surface area contributed by atoms with Gasteiger partial charge in [-0.15, -0.1) is 0 Å². The molecule has 0 fully saturated rings. The van der Waals surface area contributed by atoms with Gasteiger partial charge in [0.1, 0.15) is 5.82 Å². The van der Waals surface area contributed by atoms with Gasteiger partial charge < -0.3 is 10.3 Å². The number of aromatic amines is 1. The summed E-state index contributed by atoms with van der Waals surface area (Å²) in [5, 5.41) is 2.14. The van der Waals surface area contributed by atoms with Crippen molar-refractivity contribution in [2.75, 3.05) is 5.32 Å². The maximum absolute atomic E-state index is 13.7. The average Bonchev–Trinajstić information content (AvgIpc) is 2.97. The number of alkyl halides is 6. The van der Waals surface area contributed by atoms with Crippen molar-refractivity contribution in [2.24, 2.45) is 0 Å². The molecule has 27 heavy (non-hydrogen) atoms. The summed E-state index contributed by atoms with van der Waals surface area (Å²) in [7, 11) is 0. The first-order valence-corrected chi connectivity index (χ1v) is 7.20. The molecule has 3 aromatic rings. The second-order valence-corrected chi connectivity index (χ2v) is 5.46. The maximum Gasteiger partial charge on any atom is 0.449 e. The van der Waals surface area contributed by atoms with E-state index < -0.39 is 41.0 Å². The number of carbonyl (C=O) groups is 1. The highest BCUT2D eigenvalue weighted by atomic mass is 19.4. The summed E-state index contributed by atoms with van der Waals surface area (Å²) in [6, 6.07) is 4.79. The number of imidazole rings is 1. The number of hydrogen-bond donors (Lipinski definition) is 2. The van der Waals surface area contributed by atoms with Gasteiger partial charge in [-0.05, 0) is 36.4 Å². The van der Waals surface area contributed by atoms with Crippen LogP contribution in [0.15, 0.2) is 36.4 Å². The first kappa shape index (κ1) is 18.7. The Bertz CT molecular complexity index is 1020. The molecule has 0 aliphatic carbocycles. The molecule has 142 valence electrons. The van der Waals surface area contributed by atoms with E-state index in [-0.39, 0.29) is 16.7 Å². The van der Waals surface area contributed by atoms with Gasteiger partial charge in [-0.3, -0.25) is 4.79 Å². The zero-order valence-electron chi connectivity index (χ0n) is 13.0. The van der Waals surface area contributed by atoms with Crippen molar-refractivity contribution < 1.29 is 35.5 Å². The number of anilines is 1. The quantitative estimate of drug-likeness (QED) is 0.605. The molecule has 0 spiro atoms. The highest BCUT2D eigenvalue weighted by Gasteiger charge is 2.35. The molecule has 1 amide bonds. The smallest absolute Gasteiger partial charge is 0.334 e. The van der Waals surface area contributed by atoms with Gasteiger partial charge in [0.15, 0.2) is 0 Å². The van der Waals surface area contributed by atoms with Crippen LogP contribution in [0.4, 0.5) is 36.4 Å². The molecule has 3 rings (SSSR count). The van der Waals surface area contributed by atoms with Crippen LogP contribution in [-0.2, 0) is 12.4 Å². The molecule has 2 aromatic carbocycles. The number of halogens is 7. The number of aromatic nitrogens is 2. The van der Waals surface area contributed by atoms with Crippen LogP contribution in [0.2, 0.25) is 0 Å². The lowest BCUT2D eigenvalue weighted by atomic mass is 10.1. The SMILES string of the molecule is O=C(Nc1ccc2nc(C(F)(F)F)[nH]c2c1)c1cc(C(F)(F)F)ccc1F. The third-order valence-electron chi connectivity index (χ3n) is 3.55. The zero-order valence-corrected chi connectivity index (χ0v) is 13.0. The summed E-state index contributed by atoms with van der Waals surface area (Å²) >= 11 is 0. The number of carbonyl (C=O) groups excluding carboxylic acids is 1. The third kappa shape index (κ3) is 3.86. The summed E-state index contributed by atoms with van der Waals surface area (Å²) in [6.07, 6.45) is -9.48. The van der Waals surface area contributed by atoms with Gasteiger partial charge in [0.25, 0.3) is 5.91 Å². The zero-order chi connectivity index (χ0) is 20.0. The van der Waals surface area contributed by atoms with Crippen LogP contribution in [0.5, 0.6) is 0 Å². The molecule has 0 saturated carbocycles. The van der Waals surface area contributed by atoms with Crippen LogP contribution in [0.1, 0.15) is 21.7 Å². The van der Waals surface area contributed by atoms with Gasteiger partial charge >= 0.3 is 12.4 Å². The number of benzene rings is 2. The van der Waals surface area contributed by atoms with E-state index in [4.69, 9.17) is 0 Å². The number of nitrogens with one attached hydrogen (secondary N) is 2. The van der Waals surface area contributed by atoms with E-state index in [1.807, 2.05) is 4.98 Å². The lowest BCUT2D eigenvalue weighted by molar-refractivity contribution is -0.144. The van der Waals surface area contributed by atoms with Crippen LogP contribution in [0, 0.1) is 5.82 Å². The van der Waals surface area contributed by atoms with Crippen molar-refractivity contribution in [1.82, 2.24) is 9.97 Å². The summed E-state index contributed by atoms with van der Waals surface area (Å²) < 4.78 is 89.8. The topological polar surface area (TPSA) is 57.8 Å². The highest BCUT2D eigenvalue weighted by Crippen LogP contribution is 2.31. The van der Waals surface area contributed by atoms with Crippen LogP contribution in [-0.4, -0.2) is 15.9 Å². The Hall–Kier alpha value is -3.11. The minimum atomic E-state index is -4.77. The summed E-state index contributed by atoms with van der Waals surface area (Å²) in [5.41, 5.74) is -2.23. The lowest BCUT2D eigenvalue weighted by Gasteiger charge is -2.10. The fourth-order valence-electron chi connectivity index (χ4n) is 2.30. The van der Waals surface area contributed by atoms with E-state index in [1.165, 1.54) is 12.1 Å². The van der Waals surface area contributed by atoms with Crippen LogP contribution < -0.4 is 5.32 Å². The first-order valence-electron chi connectivity index (χ1n) is 7.20. The first-order chi connectivity index (χ1) is 12.4. The van der Waals surface area contributed by atoms with Gasteiger partial charge in [-0.1, -0.05) is 0 Å². The average molecular weight is 391 g/mol. The van der Waals surface area contributed by atoms with Gasteiger partial charge in [-0.25, -0.2) is 9.37 Å². The van der Waals surface area contributed by atoms with E-state index in [9.17, 15) is 35.5 Å². The number of nitrogens with zero attached hydrogens (tertiary/aromatic N) is 1. The van der Waals surface area contributed by atoms with Crippen LogP contribution in [0.25, 0.3) is 11.0 Å². The van der Waals surface area contributed by atoms with Crippen molar-refractivity contribution >= 4 is 22.6 Å². The second kappa shape index (κ2) is 6.25. The molecule has 4 nitrogen and oxygen atoms in total. The normalized spacial score (nSPS) is 12.4. The summed E-state index contributed by atoms with van der Waals surface area (Å²) in [5.74, 6) is -3.61. The Morgan fingerprint density at radius 3 is 2.30 bits per heavy atom. The van der Waals surface area contributed by atoms with Gasteiger partial charge in [0.05, 0.1) is 22.2 Å². The van der Waals surface area contributed by atoms with Crippen molar-refractivity contribution in [3.63, 3.8) is 0 Å².